The van der Waals surface area contributed by atoms with Gasteiger partial charge in [0.2, 0.25) is 0 Å². The van der Waals surface area contributed by atoms with Gasteiger partial charge in [-0.2, -0.15) is 0 Å². The van der Waals surface area contributed by atoms with E-state index in [1.165, 1.54) is 12.8 Å². The molecule has 6 atom stereocenters. The number of rotatable bonds is 0. The molecule has 0 aromatic rings. The summed E-state index contributed by atoms with van der Waals surface area (Å²) in [5.74, 6) is 5.43. The molecule has 2 heteroatoms. The van der Waals surface area contributed by atoms with E-state index < -0.39 is 6.17 Å². The molecule has 16 heavy (non-hydrogen) atoms. The maximum absolute atomic E-state index is 13.8. The zero-order valence-corrected chi connectivity index (χ0v) is 9.66. The van der Waals surface area contributed by atoms with E-state index >= 15 is 0 Å². The maximum Gasteiger partial charge on any atom is 0.114 e. The Morgan fingerprint density at radius 2 is 1.88 bits per heavy atom. The quantitative estimate of drug-likeness (QED) is 0.619. The first-order valence-electron chi connectivity index (χ1n) is 6.59. The summed E-state index contributed by atoms with van der Waals surface area (Å²) in [4.78, 5) is 0. The van der Waals surface area contributed by atoms with Crippen LogP contribution >= 0.6 is 0 Å². The van der Waals surface area contributed by atoms with Gasteiger partial charge >= 0.3 is 0 Å². The first-order valence-corrected chi connectivity index (χ1v) is 6.59. The van der Waals surface area contributed by atoms with Crippen LogP contribution in [0.5, 0.6) is 0 Å². The molecule has 0 aromatic carbocycles. The Hall–Kier alpha value is -0.550. The summed E-state index contributed by atoms with van der Waals surface area (Å²) in [6.07, 6.45) is 8.94. The van der Waals surface area contributed by atoms with E-state index in [-0.39, 0.29) is 5.92 Å². The van der Waals surface area contributed by atoms with Crippen LogP contribution in [0.1, 0.15) is 25.7 Å². The van der Waals surface area contributed by atoms with Crippen LogP contribution in [0.15, 0.2) is 0 Å². The van der Waals surface area contributed by atoms with Gasteiger partial charge in [0.1, 0.15) is 6.17 Å². The van der Waals surface area contributed by atoms with Gasteiger partial charge in [0, 0.05) is 0 Å². The van der Waals surface area contributed by atoms with Gasteiger partial charge in [0.15, 0.2) is 0 Å². The van der Waals surface area contributed by atoms with Crippen molar-refractivity contribution >= 4 is 0 Å². The second-order valence-electron chi connectivity index (χ2n) is 5.94. The molecule has 1 saturated heterocycles. The first-order chi connectivity index (χ1) is 7.78. The van der Waals surface area contributed by atoms with Crippen LogP contribution in [0, 0.1) is 41.9 Å². The molecule has 1 nitrogen and oxygen atoms in total. The highest BCUT2D eigenvalue weighted by Crippen LogP contribution is 2.49. The van der Waals surface area contributed by atoms with Crippen molar-refractivity contribution in [1.29, 1.82) is 0 Å². The van der Waals surface area contributed by atoms with Crippen molar-refractivity contribution in [3.8, 4) is 12.3 Å². The molecule has 3 aliphatic rings. The summed E-state index contributed by atoms with van der Waals surface area (Å²) in [6.45, 7) is 2.28. The van der Waals surface area contributed by atoms with E-state index in [1.54, 1.807) is 0 Å². The summed E-state index contributed by atoms with van der Waals surface area (Å²) in [5.41, 5.74) is 0. The number of fused-ring (bicyclic) bond motifs is 4. The van der Waals surface area contributed by atoms with E-state index in [1.807, 2.05) is 0 Å². The number of alkyl halides is 1. The molecule has 6 unspecified atom stereocenters. The van der Waals surface area contributed by atoms with E-state index in [0.717, 1.165) is 37.8 Å². The van der Waals surface area contributed by atoms with Crippen molar-refractivity contribution in [2.24, 2.45) is 29.6 Å². The zero-order chi connectivity index (χ0) is 11.1. The summed E-state index contributed by atoms with van der Waals surface area (Å²) in [7, 11) is 0. The minimum absolute atomic E-state index is 0.111. The van der Waals surface area contributed by atoms with Gasteiger partial charge in [-0.25, -0.2) is 4.39 Å². The lowest BCUT2D eigenvalue weighted by atomic mass is 9.59. The van der Waals surface area contributed by atoms with Gasteiger partial charge in [-0.15, -0.1) is 12.3 Å². The van der Waals surface area contributed by atoms with Crippen LogP contribution in [-0.2, 0) is 0 Å². The number of terminal acetylenes is 1. The van der Waals surface area contributed by atoms with Crippen molar-refractivity contribution in [2.45, 2.75) is 31.9 Å². The molecule has 1 heterocycles. The third-order valence-corrected chi connectivity index (χ3v) is 5.03. The highest BCUT2D eigenvalue weighted by molar-refractivity contribution is 5.05. The standard InChI is InChI=1S/C14H20FN/c1-2-10-5-13-11(6-14(10)15)3-9-4-12(13)8-16-7-9/h1,9-14,16H,3-8H2. The summed E-state index contributed by atoms with van der Waals surface area (Å²) in [6, 6.07) is 0. The van der Waals surface area contributed by atoms with E-state index in [2.05, 4.69) is 11.2 Å². The molecular weight excluding hydrogens is 201 g/mol. The van der Waals surface area contributed by atoms with E-state index in [0.29, 0.717) is 11.8 Å². The number of hydrogen-bond acceptors (Lipinski definition) is 1. The second-order valence-corrected chi connectivity index (χ2v) is 5.94. The summed E-state index contributed by atoms with van der Waals surface area (Å²) in [5, 5.41) is 3.52. The van der Waals surface area contributed by atoms with Gasteiger partial charge in [-0.3, -0.25) is 0 Å². The van der Waals surface area contributed by atoms with Crippen molar-refractivity contribution in [1.82, 2.24) is 5.32 Å². The lowest BCUT2D eigenvalue weighted by Crippen LogP contribution is -2.49. The van der Waals surface area contributed by atoms with Crippen molar-refractivity contribution < 1.29 is 4.39 Å². The smallest absolute Gasteiger partial charge is 0.114 e. The lowest BCUT2D eigenvalue weighted by molar-refractivity contribution is 0.000978. The van der Waals surface area contributed by atoms with Gasteiger partial charge in [0.05, 0.1) is 5.92 Å². The molecule has 1 aliphatic heterocycles. The predicted octanol–water partition coefficient (Wildman–Crippen LogP) is 2.23. The SMILES string of the molecule is C#CC1CC2C3CNCC(C3)CC2CC1F. The third-order valence-electron chi connectivity index (χ3n) is 5.03. The van der Waals surface area contributed by atoms with Gasteiger partial charge in [-0.1, -0.05) is 0 Å². The molecule has 3 rings (SSSR count). The molecule has 3 fully saturated rings. The van der Waals surface area contributed by atoms with Crippen LogP contribution in [0.2, 0.25) is 0 Å². The topological polar surface area (TPSA) is 12.0 Å². The van der Waals surface area contributed by atoms with Crippen LogP contribution in [0.25, 0.3) is 0 Å². The lowest BCUT2D eigenvalue weighted by Gasteiger charge is -2.49. The fraction of sp³-hybridized carbons (Fsp3) is 0.857. The third kappa shape index (κ3) is 1.66. The number of piperidine rings is 1. The fourth-order valence-corrected chi connectivity index (χ4v) is 4.28. The predicted molar refractivity (Wildman–Crippen MR) is 62.5 cm³/mol. The van der Waals surface area contributed by atoms with Crippen LogP contribution in [0.4, 0.5) is 4.39 Å². The molecule has 2 bridgehead atoms. The second kappa shape index (κ2) is 4.04. The molecule has 0 amide bonds. The Morgan fingerprint density at radius 3 is 2.69 bits per heavy atom. The van der Waals surface area contributed by atoms with Crippen molar-refractivity contribution in [3.63, 3.8) is 0 Å². The van der Waals surface area contributed by atoms with E-state index in [9.17, 15) is 4.39 Å². The highest BCUT2D eigenvalue weighted by Gasteiger charge is 2.45. The minimum Gasteiger partial charge on any atom is -0.316 e. The molecule has 0 radical (unpaired) electrons. The van der Waals surface area contributed by atoms with Gasteiger partial charge < -0.3 is 5.32 Å². The first kappa shape index (κ1) is 10.6. The average molecular weight is 221 g/mol. The largest absolute Gasteiger partial charge is 0.316 e. The minimum atomic E-state index is -0.738. The number of halogens is 1. The van der Waals surface area contributed by atoms with Crippen LogP contribution in [-0.4, -0.2) is 19.3 Å². The fourth-order valence-electron chi connectivity index (χ4n) is 4.28. The van der Waals surface area contributed by atoms with E-state index in [4.69, 9.17) is 6.42 Å². The highest BCUT2D eigenvalue weighted by atomic mass is 19.1. The van der Waals surface area contributed by atoms with Gasteiger partial charge in [0.25, 0.3) is 0 Å². The Kier molecular flexibility index (Phi) is 2.67. The van der Waals surface area contributed by atoms with Gasteiger partial charge in [-0.05, 0) is 62.4 Å². The molecule has 2 aliphatic carbocycles. The number of hydrogen-bond donors (Lipinski definition) is 1. The Morgan fingerprint density at radius 1 is 1.06 bits per heavy atom. The Labute approximate surface area is 97.2 Å². The summed E-state index contributed by atoms with van der Waals surface area (Å²) < 4.78 is 13.8. The molecule has 88 valence electrons. The normalized spacial score (nSPS) is 51.5. The maximum atomic E-state index is 13.8. The van der Waals surface area contributed by atoms with Crippen LogP contribution < -0.4 is 5.32 Å². The monoisotopic (exact) mass is 221 g/mol. The summed E-state index contributed by atoms with van der Waals surface area (Å²) >= 11 is 0. The zero-order valence-electron chi connectivity index (χ0n) is 9.66. The molecule has 2 saturated carbocycles. The van der Waals surface area contributed by atoms with Crippen LogP contribution in [0.3, 0.4) is 0 Å². The molecule has 0 aromatic heterocycles. The number of nitrogens with one attached hydrogen (secondary N) is 1. The average Bonchev–Trinajstić information content (AvgIpc) is 2.29. The molecule has 1 N–H and O–H groups in total. The molecular formula is C14H20FN. The Balaban J connectivity index is 1.77. The molecule has 0 spiro atoms. The Bertz CT molecular complexity index is 308. The van der Waals surface area contributed by atoms with Crippen molar-refractivity contribution in [3.05, 3.63) is 0 Å². The van der Waals surface area contributed by atoms with Crippen molar-refractivity contribution in [2.75, 3.05) is 13.1 Å².